The molecule has 2 N–H and O–H groups in total. The maximum absolute atomic E-state index is 11.8. The van der Waals surface area contributed by atoms with E-state index in [1.54, 1.807) is 0 Å². The van der Waals surface area contributed by atoms with Gasteiger partial charge in [-0.05, 0) is 31.0 Å². The molecule has 0 aliphatic heterocycles. The number of aryl methyl sites for hydroxylation is 2. The van der Waals surface area contributed by atoms with Crippen molar-refractivity contribution in [3.63, 3.8) is 0 Å². The van der Waals surface area contributed by atoms with Crippen LogP contribution in [0.1, 0.15) is 27.0 Å². The van der Waals surface area contributed by atoms with E-state index in [4.69, 9.17) is 5.73 Å². The molecule has 0 aliphatic carbocycles. The summed E-state index contributed by atoms with van der Waals surface area (Å²) in [4.78, 5) is 22.9. The molecule has 0 fully saturated rings. The molecule has 0 radical (unpaired) electrons. The third-order valence-electron chi connectivity index (χ3n) is 3.11. The molecule has 4 nitrogen and oxygen atoms in total. The van der Waals surface area contributed by atoms with Gasteiger partial charge in [0.15, 0.2) is 0 Å². The quantitative estimate of drug-likeness (QED) is 0.906. The van der Waals surface area contributed by atoms with Gasteiger partial charge in [0, 0.05) is 12.3 Å². The predicted molar refractivity (Wildman–Crippen MR) is 74.2 cm³/mol. The van der Waals surface area contributed by atoms with Crippen LogP contribution in [0.15, 0.2) is 41.3 Å². The number of aromatic nitrogens is 1. The SMILES string of the molecule is Cc1ccc(Cn2cc(C(N)=O)ccc2=O)c(C)c1. The van der Waals surface area contributed by atoms with Gasteiger partial charge in [-0.25, -0.2) is 0 Å². The summed E-state index contributed by atoms with van der Waals surface area (Å²) >= 11 is 0. The van der Waals surface area contributed by atoms with Crippen LogP contribution in [0.3, 0.4) is 0 Å². The number of benzene rings is 1. The molecule has 0 aliphatic rings. The second-order valence-electron chi connectivity index (χ2n) is 4.68. The molecule has 2 rings (SSSR count). The van der Waals surface area contributed by atoms with Gasteiger partial charge in [-0.1, -0.05) is 23.8 Å². The maximum Gasteiger partial charge on any atom is 0.250 e. The number of nitrogens with zero attached hydrogens (tertiary/aromatic N) is 1. The van der Waals surface area contributed by atoms with Crippen LogP contribution < -0.4 is 11.3 Å². The van der Waals surface area contributed by atoms with E-state index in [1.807, 2.05) is 26.0 Å². The summed E-state index contributed by atoms with van der Waals surface area (Å²) in [5.41, 5.74) is 8.76. The van der Waals surface area contributed by atoms with Crippen molar-refractivity contribution >= 4 is 5.91 Å². The van der Waals surface area contributed by atoms with Gasteiger partial charge in [0.05, 0.1) is 12.1 Å². The average molecular weight is 256 g/mol. The molecule has 1 aromatic heterocycles. The number of carbonyl (C=O) groups excluding carboxylic acids is 1. The monoisotopic (exact) mass is 256 g/mol. The Morgan fingerprint density at radius 1 is 1.21 bits per heavy atom. The molecule has 1 amide bonds. The summed E-state index contributed by atoms with van der Waals surface area (Å²) in [5, 5.41) is 0. The fraction of sp³-hybridized carbons (Fsp3) is 0.200. The van der Waals surface area contributed by atoms with Gasteiger partial charge in [-0.15, -0.1) is 0 Å². The van der Waals surface area contributed by atoms with Crippen LogP contribution in [0.5, 0.6) is 0 Å². The highest BCUT2D eigenvalue weighted by atomic mass is 16.1. The summed E-state index contributed by atoms with van der Waals surface area (Å²) < 4.78 is 1.50. The second kappa shape index (κ2) is 5.10. The zero-order valence-electron chi connectivity index (χ0n) is 11.0. The summed E-state index contributed by atoms with van der Waals surface area (Å²) in [5.74, 6) is -0.533. The highest BCUT2D eigenvalue weighted by Gasteiger charge is 2.05. The number of pyridine rings is 1. The largest absolute Gasteiger partial charge is 0.366 e. The summed E-state index contributed by atoms with van der Waals surface area (Å²) in [6.45, 7) is 4.47. The number of amides is 1. The fourth-order valence-electron chi connectivity index (χ4n) is 2.01. The first-order valence-corrected chi connectivity index (χ1v) is 6.04. The molecule has 0 atom stereocenters. The zero-order chi connectivity index (χ0) is 14.0. The zero-order valence-corrected chi connectivity index (χ0v) is 11.0. The van der Waals surface area contributed by atoms with Crippen molar-refractivity contribution in [2.24, 2.45) is 5.73 Å². The van der Waals surface area contributed by atoms with Crippen LogP contribution in [0.25, 0.3) is 0 Å². The Labute approximate surface area is 111 Å². The third-order valence-corrected chi connectivity index (χ3v) is 3.11. The molecule has 98 valence electrons. The summed E-state index contributed by atoms with van der Waals surface area (Å²) in [6, 6.07) is 8.88. The maximum atomic E-state index is 11.8. The lowest BCUT2D eigenvalue weighted by Crippen LogP contribution is -2.23. The smallest absolute Gasteiger partial charge is 0.250 e. The van der Waals surface area contributed by atoms with Gasteiger partial charge in [-0.2, -0.15) is 0 Å². The van der Waals surface area contributed by atoms with Crippen molar-refractivity contribution in [1.29, 1.82) is 0 Å². The van der Waals surface area contributed by atoms with E-state index < -0.39 is 5.91 Å². The molecule has 1 heterocycles. The molecule has 4 heteroatoms. The first kappa shape index (κ1) is 13.1. The highest BCUT2D eigenvalue weighted by Crippen LogP contribution is 2.11. The van der Waals surface area contributed by atoms with Crippen molar-refractivity contribution in [3.8, 4) is 0 Å². The normalized spacial score (nSPS) is 10.4. The van der Waals surface area contributed by atoms with Gasteiger partial charge in [0.2, 0.25) is 5.91 Å². The van der Waals surface area contributed by atoms with Crippen LogP contribution in [0.4, 0.5) is 0 Å². The van der Waals surface area contributed by atoms with Crippen LogP contribution in [-0.2, 0) is 6.54 Å². The number of carbonyl (C=O) groups is 1. The minimum Gasteiger partial charge on any atom is -0.366 e. The van der Waals surface area contributed by atoms with Crippen molar-refractivity contribution in [2.45, 2.75) is 20.4 Å². The standard InChI is InChI=1S/C15H16N2O2/c1-10-3-4-12(11(2)7-10)8-17-9-13(15(16)19)5-6-14(17)18/h3-7,9H,8H2,1-2H3,(H2,16,19). The molecule has 0 bridgehead atoms. The van der Waals surface area contributed by atoms with Crippen molar-refractivity contribution < 1.29 is 4.79 Å². The summed E-state index contributed by atoms with van der Waals surface area (Å²) in [7, 11) is 0. The Bertz CT molecular complexity index is 687. The number of primary amides is 1. The van der Waals surface area contributed by atoms with E-state index in [2.05, 4.69) is 6.07 Å². The Kier molecular flexibility index (Phi) is 3.51. The van der Waals surface area contributed by atoms with Gasteiger partial charge in [0.1, 0.15) is 0 Å². The summed E-state index contributed by atoms with van der Waals surface area (Å²) in [6.07, 6.45) is 1.50. The lowest BCUT2D eigenvalue weighted by atomic mass is 10.1. The molecule has 0 saturated heterocycles. The topological polar surface area (TPSA) is 65.1 Å². The van der Waals surface area contributed by atoms with E-state index >= 15 is 0 Å². The predicted octanol–water partition coefficient (Wildman–Crippen LogP) is 1.61. The molecule has 0 saturated carbocycles. The van der Waals surface area contributed by atoms with E-state index in [1.165, 1.54) is 28.5 Å². The molecule has 2 aromatic rings. The number of rotatable bonds is 3. The van der Waals surface area contributed by atoms with Crippen molar-refractivity contribution in [3.05, 3.63) is 69.1 Å². The number of nitrogens with two attached hydrogens (primary N) is 1. The Balaban J connectivity index is 2.40. The van der Waals surface area contributed by atoms with Crippen LogP contribution in [0, 0.1) is 13.8 Å². The highest BCUT2D eigenvalue weighted by molar-refractivity contribution is 5.92. The molecule has 0 spiro atoms. The molecular formula is C15H16N2O2. The first-order chi connectivity index (χ1) is 8.97. The number of hydrogen-bond donors (Lipinski definition) is 1. The van der Waals surface area contributed by atoms with Crippen LogP contribution >= 0.6 is 0 Å². The molecule has 0 unspecified atom stereocenters. The lowest BCUT2D eigenvalue weighted by Gasteiger charge is -2.10. The minimum atomic E-state index is -0.533. The van der Waals surface area contributed by atoms with E-state index in [0.29, 0.717) is 12.1 Å². The Hall–Kier alpha value is -2.36. The van der Waals surface area contributed by atoms with Gasteiger partial charge in [-0.3, -0.25) is 9.59 Å². The van der Waals surface area contributed by atoms with Crippen molar-refractivity contribution in [2.75, 3.05) is 0 Å². The third kappa shape index (κ3) is 2.91. The average Bonchev–Trinajstić information content (AvgIpc) is 2.34. The van der Waals surface area contributed by atoms with Gasteiger partial charge < -0.3 is 10.3 Å². The van der Waals surface area contributed by atoms with Crippen molar-refractivity contribution in [1.82, 2.24) is 4.57 Å². The van der Waals surface area contributed by atoms with Crippen LogP contribution in [0.2, 0.25) is 0 Å². The molecule has 19 heavy (non-hydrogen) atoms. The van der Waals surface area contributed by atoms with Crippen LogP contribution in [-0.4, -0.2) is 10.5 Å². The van der Waals surface area contributed by atoms with Gasteiger partial charge in [0.25, 0.3) is 5.56 Å². The lowest BCUT2D eigenvalue weighted by molar-refractivity contribution is 0.0999. The minimum absolute atomic E-state index is 0.148. The van der Waals surface area contributed by atoms with E-state index in [-0.39, 0.29) is 5.56 Å². The van der Waals surface area contributed by atoms with Gasteiger partial charge >= 0.3 is 0 Å². The number of hydrogen-bond acceptors (Lipinski definition) is 2. The second-order valence-corrected chi connectivity index (χ2v) is 4.68. The Morgan fingerprint density at radius 2 is 1.95 bits per heavy atom. The molecular weight excluding hydrogens is 240 g/mol. The molecule has 1 aromatic carbocycles. The van der Waals surface area contributed by atoms with E-state index in [0.717, 1.165) is 11.1 Å². The van der Waals surface area contributed by atoms with E-state index in [9.17, 15) is 9.59 Å². The Morgan fingerprint density at radius 3 is 2.58 bits per heavy atom. The first-order valence-electron chi connectivity index (χ1n) is 6.04. The fourth-order valence-corrected chi connectivity index (χ4v) is 2.01.